The number of amides is 2. The van der Waals surface area contributed by atoms with Gasteiger partial charge in [0.1, 0.15) is 0 Å². The van der Waals surface area contributed by atoms with Crippen LogP contribution in [0.4, 0.5) is 4.79 Å². The third-order valence-electron chi connectivity index (χ3n) is 8.03. The van der Waals surface area contributed by atoms with Crippen LogP contribution in [0.2, 0.25) is 0 Å². The van der Waals surface area contributed by atoms with E-state index in [-0.39, 0.29) is 24.1 Å². The zero-order chi connectivity index (χ0) is 30.1. The van der Waals surface area contributed by atoms with Gasteiger partial charge in [0.25, 0.3) is 11.5 Å². The highest BCUT2D eigenvalue weighted by atomic mass is 16.4. The molecule has 0 radical (unpaired) electrons. The SMILES string of the molecule is Cc1cc(C)c(CNC(=O)c2cc(-c3ccc(CN4CCN(C(=O)O)CC4)nc3)cc3c2c(C)cn3C(C)C)c(=O)[nH]1. The Morgan fingerprint density at radius 3 is 2.38 bits per heavy atom. The topological polar surface area (TPSA) is 124 Å². The predicted octanol–water partition coefficient (Wildman–Crippen LogP) is 4.62. The number of pyridine rings is 2. The minimum atomic E-state index is -0.875. The first-order valence-corrected chi connectivity index (χ1v) is 14.3. The largest absolute Gasteiger partial charge is 0.465 e. The zero-order valence-corrected chi connectivity index (χ0v) is 24.8. The number of aromatic amines is 1. The number of benzene rings is 1. The molecule has 1 aliphatic rings. The van der Waals surface area contributed by atoms with E-state index < -0.39 is 6.09 Å². The fourth-order valence-corrected chi connectivity index (χ4v) is 5.74. The van der Waals surface area contributed by atoms with E-state index in [2.05, 4.69) is 45.9 Å². The van der Waals surface area contributed by atoms with Crippen molar-refractivity contribution in [1.82, 2.24) is 29.7 Å². The van der Waals surface area contributed by atoms with Crippen LogP contribution in [0.15, 0.2) is 47.5 Å². The number of piperazine rings is 1. The number of H-pyrrole nitrogens is 1. The molecule has 220 valence electrons. The first kappa shape index (κ1) is 29.1. The summed E-state index contributed by atoms with van der Waals surface area (Å²) in [5, 5.41) is 13.1. The Morgan fingerprint density at radius 2 is 1.76 bits per heavy atom. The number of hydrogen-bond donors (Lipinski definition) is 3. The molecule has 0 atom stereocenters. The van der Waals surface area contributed by atoms with E-state index in [1.807, 2.05) is 51.2 Å². The number of carbonyl (C=O) groups excluding carboxylic acids is 1. The lowest BCUT2D eigenvalue weighted by Crippen LogP contribution is -2.47. The Hall–Kier alpha value is -4.44. The molecule has 10 heteroatoms. The molecule has 1 saturated heterocycles. The maximum Gasteiger partial charge on any atom is 0.407 e. The number of carbonyl (C=O) groups is 2. The van der Waals surface area contributed by atoms with E-state index in [0.29, 0.717) is 43.9 Å². The highest BCUT2D eigenvalue weighted by Gasteiger charge is 2.22. The number of aryl methyl sites for hydroxylation is 3. The molecule has 10 nitrogen and oxygen atoms in total. The molecule has 5 rings (SSSR count). The Kier molecular flexibility index (Phi) is 8.17. The number of rotatable bonds is 7. The lowest BCUT2D eigenvalue weighted by molar-refractivity contribution is 0.0951. The molecule has 0 bridgehead atoms. The minimum absolute atomic E-state index is 0.132. The van der Waals surface area contributed by atoms with Gasteiger partial charge in [0.05, 0.1) is 5.69 Å². The van der Waals surface area contributed by atoms with Crippen molar-refractivity contribution in [3.8, 4) is 11.1 Å². The lowest BCUT2D eigenvalue weighted by atomic mass is 9.98. The fourth-order valence-electron chi connectivity index (χ4n) is 5.74. The van der Waals surface area contributed by atoms with E-state index in [1.54, 1.807) is 0 Å². The summed E-state index contributed by atoms with van der Waals surface area (Å²) >= 11 is 0. The van der Waals surface area contributed by atoms with Gasteiger partial charge in [-0.2, -0.15) is 0 Å². The number of hydrogen-bond acceptors (Lipinski definition) is 5. The lowest BCUT2D eigenvalue weighted by Gasteiger charge is -2.32. The van der Waals surface area contributed by atoms with Crippen molar-refractivity contribution in [3.05, 3.63) is 86.7 Å². The molecule has 1 aromatic carbocycles. The predicted molar refractivity (Wildman–Crippen MR) is 163 cm³/mol. The summed E-state index contributed by atoms with van der Waals surface area (Å²) in [6.45, 7) is 13.1. The van der Waals surface area contributed by atoms with E-state index in [0.717, 1.165) is 44.5 Å². The Morgan fingerprint density at radius 1 is 1.02 bits per heavy atom. The van der Waals surface area contributed by atoms with Crippen LogP contribution in [0.5, 0.6) is 0 Å². The van der Waals surface area contributed by atoms with Crippen molar-refractivity contribution in [3.63, 3.8) is 0 Å². The second kappa shape index (κ2) is 11.8. The number of nitrogens with zero attached hydrogens (tertiary/aromatic N) is 4. The van der Waals surface area contributed by atoms with Crippen LogP contribution in [0, 0.1) is 20.8 Å². The third kappa shape index (κ3) is 5.94. The summed E-state index contributed by atoms with van der Waals surface area (Å²) in [4.78, 5) is 48.6. The van der Waals surface area contributed by atoms with Gasteiger partial charge < -0.3 is 24.9 Å². The van der Waals surface area contributed by atoms with Crippen molar-refractivity contribution in [2.75, 3.05) is 26.2 Å². The van der Waals surface area contributed by atoms with Gasteiger partial charge in [-0.15, -0.1) is 0 Å². The second-order valence-corrected chi connectivity index (χ2v) is 11.4. The van der Waals surface area contributed by atoms with Gasteiger partial charge in [-0.25, -0.2) is 4.79 Å². The molecule has 1 fully saturated rings. The molecule has 0 aliphatic carbocycles. The maximum atomic E-state index is 13.7. The average Bonchev–Trinajstić information content (AvgIpc) is 3.29. The Labute approximate surface area is 245 Å². The molecule has 3 aromatic heterocycles. The van der Waals surface area contributed by atoms with Gasteiger partial charge in [-0.1, -0.05) is 6.07 Å². The number of fused-ring (bicyclic) bond motifs is 1. The van der Waals surface area contributed by atoms with Crippen LogP contribution in [-0.2, 0) is 13.1 Å². The normalized spacial score (nSPS) is 14.1. The summed E-state index contributed by atoms with van der Waals surface area (Å²) < 4.78 is 2.18. The molecule has 2 amide bonds. The summed E-state index contributed by atoms with van der Waals surface area (Å²) in [5.41, 5.74) is 7.19. The second-order valence-electron chi connectivity index (χ2n) is 11.4. The first-order chi connectivity index (χ1) is 20.0. The van der Waals surface area contributed by atoms with Gasteiger partial charge in [0, 0.05) is 91.0 Å². The summed E-state index contributed by atoms with van der Waals surface area (Å²) in [7, 11) is 0. The van der Waals surface area contributed by atoms with Crippen LogP contribution in [0.25, 0.3) is 22.0 Å². The van der Waals surface area contributed by atoms with Gasteiger partial charge in [0.2, 0.25) is 0 Å². The van der Waals surface area contributed by atoms with Crippen LogP contribution < -0.4 is 10.9 Å². The van der Waals surface area contributed by atoms with Crippen molar-refractivity contribution in [2.45, 2.75) is 53.8 Å². The maximum absolute atomic E-state index is 13.7. The van der Waals surface area contributed by atoms with Gasteiger partial charge in [-0.3, -0.25) is 19.5 Å². The molecular formula is C32H38N6O4. The summed E-state index contributed by atoms with van der Waals surface area (Å²) in [6.07, 6.45) is 3.03. The summed E-state index contributed by atoms with van der Waals surface area (Å²) in [6, 6.07) is 10.1. The van der Waals surface area contributed by atoms with E-state index in [4.69, 9.17) is 4.98 Å². The van der Waals surface area contributed by atoms with Gasteiger partial charge in [-0.05, 0) is 75.6 Å². The number of carboxylic acid groups (broad SMARTS) is 1. The van der Waals surface area contributed by atoms with Crippen LogP contribution in [-0.4, -0.2) is 67.6 Å². The highest BCUT2D eigenvalue weighted by Crippen LogP contribution is 2.33. The molecule has 4 heterocycles. The Balaban J connectivity index is 1.43. The molecule has 3 N–H and O–H groups in total. The van der Waals surface area contributed by atoms with Crippen LogP contribution in [0.3, 0.4) is 0 Å². The van der Waals surface area contributed by atoms with Crippen LogP contribution >= 0.6 is 0 Å². The van der Waals surface area contributed by atoms with E-state index in [9.17, 15) is 19.5 Å². The van der Waals surface area contributed by atoms with Crippen molar-refractivity contribution in [2.24, 2.45) is 0 Å². The van der Waals surface area contributed by atoms with Crippen molar-refractivity contribution in [1.29, 1.82) is 0 Å². The van der Waals surface area contributed by atoms with Gasteiger partial charge >= 0.3 is 6.09 Å². The number of nitrogens with one attached hydrogen (secondary N) is 2. The molecule has 0 unspecified atom stereocenters. The van der Waals surface area contributed by atoms with Crippen LogP contribution in [0.1, 0.15) is 58.3 Å². The molecule has 0 spiro atoms. The zero-order valence-electron chi connectivity index (χ0n) is 24.8. The first-order valence-electron chi connectivity index (χ1n) is 14.3. The fraction of sp³-hybridized carbons (Fsp3) is 0.375. The number of aromatic nitrogens is 3. The molecule has 0 saturated carbocycles. The summed E-state index contributed by atoms with van der Waals surface area (Å²) in [5.74, 6) is -0.240. The average molecular weight is 571 g/mol. The monoisotopic (exact) mass is 570 g/mol. The third-order valence-corrected chi connectivity index (χ3v) is 8.03. The highest BCUT2D eigenvalue weighted by molar-refractivity contribution is 6.09. The molecule has 4 aromatic rings. The standard InChI is InChI=1S/C32H38N6O4/c1-19(2)38-17-21(4)29-26(30(39)34-16-27-20(3)12-22(5)35-31(27)40)13-24(14-28(29)38)23-6-7-25(33-15-23)18-36-8-10-37(11-9-36)32(41)42/h6-7,12-15,17,19H,8-11,16,18H2,1-5H3,(H,34,39)(H,35,40)(H,41,42). The quantitative estimate of drug-likeness (QED) is 0.298. The van der Waals surface area contributed by atoms with E-state index in [1.165, 1.54) is 4.90 Å². The Bertz CT molecular complexity index is 1690. The molecular weight excluding hydrogens is 532 g/mol. The van der Waals surface area contributed by atoms with Crippen molar-refractivity contribution < 1.29 is 14.7 Å². The molecule has 42 heavy (non-hydrogen) atoms. The van der Waals surface area contributed by atoms with Crippen molar-refractivity contribution >= 4 is 22.9 Å². The molecule has 1 aliphatic heterocycles. The smallest absolute Gasteiger partial charge is 0.407 e. The van der Waals surface area contributed by atoms with Gasteiger partial charge in [0.15, 0.2) is 0 Å². The van der Waals surface area contributed by atoms with E-state index >= 15 is 0 Å². The minimum Gasteiger partial charge on any atom is -0.465 e.